The smallest absolute Gasteiger partial charge is 0.508 e. The van der Waals surface area contributed by atoms with Crippen molar-refractivity contribution in [1.29, 1.82) is 0 Å². The molecule has 344 valence electrons. The summed E-state index contributed by atoms with van der Waals surface area (Å²) in [6, 6.07) is 14.7. The van der Waals surface area contributed by atoms with Gasteiger partial charge in [0.1, 0.15) is 23.0 Å². The number of halogens is 12. The van der Waals surface area contributed by atoms with Gasteiger partial charge >= 0.3 is 32.0 Å². The van der Waals surface area contributed by atoms with Crippen LogP contribution in [0.1, 0.15) is 81.5 Å². The van der Waals surface area contributed by atoms with Crippen LogP contribution in [0.2, 0.25) is 0 Å². The Bertz CT molecular complexity index is 1430. The van der Waals surface area contributed by atoms with Crippen LogP contribution in [0, 0.1) is 0 Å². The molecule has 0 amide bonds. The van der Waals surface area contributed by atoms with Crippen LogP contribution < -0.4 is 0 Å². The van der Waals surface area contributed by atoms with E-state index in [1.54, 1.807) is 0 Å². The number of alkyl halides is 12. The highest BCUT2D eigenvalue weighted by Gasteiger charge is 2.32. The fourth-order valence-corrected chi connectivity index (χ4v) is 4.08. The van der Waals surface area contributed by atoms with Crippen molar-refractivity contribution in [2.75, 3.05) is 19.6 Å². The molecule has 0 radical (unpaired) electrons. The van der Waals surface area contributed by atoms with E-state index in [0.717, 1.165) is 97.1 Å². The summed E-state index contributed by atoms with van der Waals surface area (Å²) in [7, 11) is -2.17. The predicted molar refractivity (Wildman–Crippen MR) is 206 cm³/mol. The van der Waals surface area contributed by atoms with Gasteiger partial charge in [-0.1, -0.05) is 40.0 Å². The molecule has 7 N–H and O–H groups in total. The zero-order chi connectivity index (χ0) is 47.5. The van der Waals surface area contributed by atoms with Gasteiger partial charge in [-0.05, 0) is 136 Å². The average Bonchev–Trinajstić information content (AvgIpc) is 3.15. The van der Waals surface area contributed by atoms with E-state index in [1.807, 2.05) is 0 Å². The van der Waals surface area contributed by atoms with Crippen LogP contribution in [-0.2, 0) is 24.7 Å². The normalized spacial score (nSPS) is 11.1. The Labute approximate surface area is 346 Å². The van der Waals surface area contributed by atoms with Crippen LogP contribution in [0.5, 0.6) is 23.0 Å². The quantitative estimate of drug-likeness (QED) is 0.0650. The van der Waals surface area contributed by atoms with E-state index in [4.69, 9.17) is 35.5 Å². The minimum Gasteiger partial charge on any atom is -0.508 e. The summed E-state index contributed by atoms with van der Waals surface area (Å²) in [6.45, 7) is 10.8. The lowest BCUT2D eigenvalue weighted by Gasteiger charge is -2.21. The molecule has 0 fully saturated rings. The Balaban J connectivity index is 0. The topological polar surface area (TPSA) is 145 Å². The van der Waals surface area contributed by atoms with Gasteiger partial charge in [-0.25, -0.2) is 0 Å². The van der Waals surface area contributed by atoms with Gasteiger partial charge in [0.2, 0.25) is 0 Å². The molecule has 4 aromatic rings. The standard InChI is InChI=1S/C12H27N.4C7H5F3O.BH3O3/c1-4-7-10-13(11-8-5-2)12-9-6-3;4*8-7(9,10)5-1-3-6(11)4-2-5;2-1(3)4/h4-12H2,1-3H3;4*1-4,11H;2-4H. The van der Waals surface area contributed by atoms with Gasteiger partial charge < -0.3 is 40.4 Å². The van der Waals surface area contributed by atoms with E-state index in [-0.39, 0.29) is 23.0 Å². The molecule has 0 aliphatic carbocycles. The summed E-state index contributed by atoms with van der Waals surface area (Å²) in [5.41, 5.74) is -3.02. The van der Waals surface area contributed by atoms with E-state index >= 15 is 0 Å². The molecule has 0 atom stereocenters. The first-order valence-electron chi connectivity index (χ1n) is 18.3. The highest BCUT2D eigenvalue weighted by Crippen LogP contribution is 2.32. The van der Waals surface area contributed by atoms with Crippen LogP contribution in [0.3, 0.4) is 0 Å². The third kappa shape index (κ3) is 30.8. The molecular weight excluding hydrogens is 845 g/mol. The van der Waals surface area contributed by atoms with Crippen molar-refractivity contribution >= 4 is 7.32 Å². The largest absolute Gasteiger partial charge is 0.631 e. The second kappa shape index (κ2) is 29.4. The van der Waals surface area contributed by atoms with E-state index in [2.05, 4.69) is 25.7 Å². The maximum absolute atomic E-state index is 11.8. The summed E-state index contributed by atoms with van der Waals surface area (Å²) >= 11 is 0. The predicted octanol–water partition coefficient (Wildman–Crippen LogP) is 11.3. The number of rotatable bonds is 9. The molecule has 21 heteroatoms. The number of phenols is 4. The maximum Gasteiger partial charge on any atom is 0.631 e. The van der Waals surface area contributed by atoms with Crippen LogP contribution in [-0.4, -0.2) is 67.4 Å². The molecule has 0 unspecified atom stereocenters. The van der Waals surface area contributed by atoms with Crippen molar-refractivity contribution in [3.63, 3.8) is 0 Å². The highest BCUT2D eigenvalue weighted by molar-refractivity contribution is 6.30. The molecule has 0 saturated heterocycles. The van der Waals surface area contributed by atoms with Crippen molar-refractivity contribution in [1.82, 2.24) is 4.90 Å². The minimum atomic E-state index is -4.33. The van der Waals surface area contributed by atoms with Crippen molar-refractivity contribution in [3.8, 4) is 23.0 Å². The Morgan fingerprint density at radius 3 is 0.623 bits per heavy atom. The minimum absolute atomic E-state index is 0.169. The fraction of sp³-hybridized carbons (Fsp3) is 0.400. The summed E-state index contributed by atoms with van der Waals surface area (Å²) < 4.78 is 142. The van der Waals surface area contributed by atoms with Crippen molar-refractivity contribution in [2.24, 2.45) is 0 Å². The van der Waals surface area contributed by atoms with Gasteiger partial charge in [0.05, 0.1) is 22.3 Å². The van der Waals surface area contributed by atoms with E-state index < -0.39 is 54.3 Å². The third-order valence-corrected chi connectivity index (χ3v) is 7.26. The second-order valence-electron chi connectivity index (χ2n) is 12.4. The lowest BCUT2D eigenvalue weighted by Crippen LogP contribution is -2.27. The SMILES string of the molecule is CCCCN(CCCC)CCCC.OB(O)O.Oc1ccc(C(F)(F)F)cc1.Oc1ccc(C(F)(F)F)cc1.Oc1ccc(C(F)(F)F)cc1.Oc1ccc(C(F)(F)F)cc1. The van der Waals surface area contributed by atoms with Crippen molar-refractivity contribution in [2.45, 2.75) is 84.0 Å². The highest BCUT2D eigenvalue weighted by atomic mass is 19.4. The van der Waals surface area contributed by atoms with Gasteiger partial charge in [0.15, 0.2) is 0 Å². The van der Waals surface area contributed by atoms with Crippen LogP contribution in [0.15, 0.2) is 97.1 Å². The van der Waals surface area contributed by atoms with E-state index in [1.165, 1.54) is 58.2 Å². The van der Waals surface area contributed by atoms with Gasteiger partial charge in [0, 0.05) is 0 Å². The molecule has 0 aliphatic rings. The number of unbranched alkanes of at least 4 members (excludes halogenated alkanes) is 3. The average molecular weight is 896 g/mol. The first-order chi connectivity index (χ1) is 28.1. The number of benzene rings is 4. The van der Waals surface area contributed by atoms with E-state index in [0.29, 0.717) is 0 Å². The zero-order valence-electron chi connectivity index (χ0n) is 33.3. The lowest BCUT2D eigenvalue weighted by atomic mass is 10.2. The first kappa shape index (κ1) is 58.2. The number of hydrogen-bond donors (Lipinski definition) is 7. The third-order valence-electron chi connectivity index (χ3n) is 7.26. The fourth-order valence-electron chi connectivity index (χ4n) is 4.08. The van der Waals surface area contributed by atoms with Gasteiger partial charge in [-0.15, -0.1) is 0 Å². The van der Waals surface area contributed by atoms with E-state index in [9.17, 15) is 52.7 Å². The Morgan fingerprint density at radius 1 is 0.361 bits per heavy atom. The summed E-state index contributed by atoms with van der Waals surface area (Å²) in [5.74, 6) is -0.674. The maximum atomic E-state index is 11.8. The van der Waals surface area contributed by atoms with Gasteiger partial charge in [-0.2, -0.15) is 52.7 Å². The molecule has 8 nitrogen and oxygen atoms in total. The van der Waals surface area contributed by atoms with Crippen LogP contribution >= 0.6 is 0 Å². The number of phenolic OH excluding ortho intramolecular Hbond substituents is 4. The van der Waals surface area contributed by atoms with Gasteiger partial charge in [0.25, 0.3) is 0 Å². The first-order valence-corrected chi connectivity index (χ1v) is 18.3. The zero-order valence-corrected chi connectivity index (χ0v) is 33.3. The second-order valence-corrected chi connectivity index (χ2v) is 12.4. The summed E-state index contributed by atoms with van der Waals surface area (Å²) in [6.07, 6.45) is -9.21. The van der Waals surface area contributed by atoms with Crippen molar-refractivity contribution in [3.05, 3.63) is 119 Å². The Hall–Kier alpha value is -4.86. The monoisotopic (exact) mass is 895 g/mol. The van der Waals surface area contributed by atoms with Gasteiger partial charge in [-0.3, -0.25) is 0 Å². The van der Waals surface area contributed by atoms with Crippen LogP contribution in [0.4, 0.5) is 52.7 Å². The summed E-state index contributed by atoms with van der Waals surface area (Å²) in [4.78, 5) is 2.64. The molecule has 61 heavy (non-hydrogen) atoms. The molecule has 0 heterocycles. The molecule has 4 rings (SSSR count). The Morgan fingerprint density at radius 2 is 0.508 bits per heavy atom. The molecule has 0 aliphatic heterocycles. The molecule has 0 aromatic heterocycles. The number of nitrogens with zero attached hydrogens (tertiary/aromatic N) is 1. The number of hydrogen-bond acceptors (Lipinski definition) is 8. The lowest BCUT2D eigenvalue weighted by molar-refractivity contribution is -0.138. The number of aromatic hydroxyl groups is 4. The van der Waals surface area contributed by atoms with Crippen LogP contribution in [0.25, 0.3) is 0 Å². The Kier molecular flexibility index (Phi) is 28.1. The molecular formula is C40H50BF12NO7. The molecule has 0 spiro atoms. The summed E-state index contributed by atoms with van der Waals surface area (Å²) in [5, 5.41) is 56.1. The van der Waals surface area contributed by atoms with Crippen molar-refractivity contribution < 1.29 is 88.2 Å². The molecule has 0 saturated carbocycles. The molecule has 4 aromatic carbocycles. The molecule has 0 bridgehead atoms.